The van der Waals surface area contributed by atoms with E-state index < -0.39 is 0 Å². The molecule has 7 heteroatoms. The Morgan fingerprint density at radius 2 is 2.04 bits per heavy atom. The molecule has 1 N–H and O–H groups in total. The van der Waals surface area contributed by atoms with Gasteiger partial charge in [-0.15, -0.1) is 0 Å². The lowest BCUT2D eigenvalue weighted by Crippen LogP contribution is -2.53. The summed E-state index contributed by atoms with van der Waals surface area (Å²) in [6, 6.07) is 5.62. The van der Waals surface area contributed by atoms with Gasteiger partial charge in [0, 0.05) is 44.7 Å². The van der Waals surface area contributed by atoms with Gasteiger partial charge >= 0.3 is 0 Å². The normalized spacial score (nSPS) is 23.7. The predicted octanol–water partition coefficient (Wildman–Crippen LogP) is 0.877. The molecule has 0 aliphatic carbocycles. The number of rotatable bonds is 4. The first-order valence-electron chi connectivity index (χ1n) is 8.58. The van der Waals surface area contributed by atoms with Crippen molar-refractivity contribution >= 4 is 17.5 Å². The number of anilines is 1. The van der Waals surface area contributed by atoms with Crippen molar-refractivity contribution in [3.8, 4) is 11.5 Å². The fourth-order valence-corrected chi connectivity index (χ4v) is 3.50. The molecule has 2 saturated heterocycles. The number of ether oxygens (including phenoxy) is 2. The second-order valence-electron chi connectivity index (χ2n) is 6.58. The van der Waals surface area contributed by atoms with Crippen LogP contribution in [0.4, 0.5) is 5.69 Å². The number of carbonyl (C=O) groups excluding carboxylic acids is 2. The van der Waals surface area contributed by atoms with Gasteiger partial charge in [-0.1, -0.05) is 0 Å². The maximum Gasteiger partial charge on any atom is 0.228 e. The first kappa shape index (κ1) is 17.5. The quantitative estimate of drug-likeness (QED) is 0.875. The molecule has 2 heterocycles. The van der Waals surface area contributed by atoms with Crippen LogP contribution in [0.1, 0.15) is 13.3 Å². The summed E-state index contributed by atoms with van der Waals surface area (Å²) in [5, 5.41) is 3.33. The fourth-order valence-electron chi connectivity index (χ4n) is 3.50. The number of nitrogens with one attached hydrogen (secondary N) is 1. The van der Waals surface area contributed by atoms with Crippen LogP contribution < -0.4 is 19.7 Å². The number of hydrogen-bond donors (Lipinski definition) is 1. The van der Waals surface area contributed by atoms with E-state index in [2.05, 4.69) is 12.2 Å². The van der Waals surface area contributed by atoms with Crippen LogP contribution in [0.25, 0.3) is 0 Å². The zero-order chi connectivity index (χ0) is 18.0. The zero-order valence-corrected chi connectivity index (χ0v) is 14.9. The lowest BCUT2D eigenvalue weighted by molar-refractivity contribution is -0.136. The van der Waals surface area contributed by atoms with E-state index >= 15 is 0 Å². The van der Waals surface area contributed by atoms with E-state index in [9.17, 15) is 9.59 Å². The molecular formula is C18H25N3O4. The van der Waals surface area contributed by atoms with Gasteiger partial charge in [-0.3, -0.25) is 9.59 Å². The van der Waals surface area contributed by atoms with Gasteiger partial charge in [0.1, 0.15) is 11.5 Å². The summed E-state index contributed by atoms with van der Waals surface area (Å²) in [6.45, 7) is 4.63. The van der Waals surface area contributed by atoms with Crippen LogP contribution in [0.3, 0.4) is 0 Å². The van der Waals surface area contributed by atoms with Gasteiger partial charge in [0.15, 0.2) is 0 Å². The van der Waals surface area contributed by atoms with Crippen molar-refractivity contribution in [3.63, 3.8) is 0 Å². The Morgan fingerprint density at radius 3 is 2.72 bits per heavy atom. The van der Waals surface area contributed by atoms with Gasteiger partial charge in [-0.2, -0.15) is 0 Å². The van der Waals surface area contributed by atoms with E-state index in [0.29, 0.717) is 36.8 Å². The minimum atomic E-state index is -0.301. The second-order valence-corrected chi connectivity index (χ2v) is 6.58. The molecule has 25 heavy (non-hydrogen) atoms. The molecule has 1 aromatic carbocycles. The summed E-state index contributed by atoms with van der Waals surface area (Å²) in [4.78, 5) is 28.8. The number of methoxy groups -OCH3 is 2. The molecule has 0 unspecified atom stereocenters. The largest absolute Gasteiger partial charge is 0.497 e. The summed E-state index contributed by atoms with van der Waals surface area (Å²) < 4.78 is 10.6. The lowest BCUT2D eigenvalue weighted by atomic mass is 10.1. The average Bonchev–Trinajstić information content (AvgIpc) is 3.02. The van der Waals surface area contributed by atoms with Crippen molar-refractivity contribution in [2.45, 2.75) is 19.4 Å². The molecule has 2 aliphatic rings. The molecule has 2 atom stereocenters. The Hall–Kier alpha value is -2.28. The minimum absolute atomic E-state index is 0.0509. The van der Waals surface area contributed by atoms with E-state index in [0.717, 1.165) is 6.54 Å². The SMILES string of the molecule is COc1ccc(N2C[C@@H](C(=O)N3CCN[C@@H](C)C3)CC2=O)c(OC)c1. The second kappa shape index (κ2) is 7.31. The Labute approximate surface area is 147 Å². The van der Waals surface area contributed by atoms with Crippen LogP contribution in [0, 0.1) is 5.92 Å². The van der Waals surface area contributed by atoms with Crippen molar-refractivity contribution in [1.82, 2.24) is 10.2 Å². The monoisotopic (exact) mass is 347 g/mol. The first-order valence-corrected chi connectivity index (χ1v) is 8.58. The van der Waals surface area contributed by atoms with Crippen LogP contribution in [0.2, 0.25) is 0 Å². The molecule has 2 fully saturated rings. The Kier molecular flexibility index (Phi) is 5.13. The van der Waals surface area contributed by atoms with Gasteiger partial charge in [-0.05, 0) is 19.1 Å². The Bertz CT molecular complexity index is 664. The van der Waals surface area contributed by atoms with E-state index in [4.69, 9.17) is 9.47 Å². The number of benzene rings is 1. The molecule has 3 rings (SSSR count). The van der Waals surface area contributed by atoms with Gasteiger partial charge in [0.25, 0.3) is 0 Å². The molecule has 2 aliphatic heterocycles. The van der Waals surface area contributed by atoms with Crippen molar-refractivity contribution in [2.24, 2.45) is 5.92 Å². The highest BCUT2D eigenvalue weighted by Gasteiger charge is 2.38. The first-order chi connectivity index (χ1) is 12.0. The smallest absolute Gasteiger partial charge is 0.228 e. The average molecular weight is 347 g/mol. The molecule has 0 bridgehead atoms. The van der Waals surface area contributed by atoms with Gasteiger partial charge < -0.3 is 24.6 Å². The third kappa shape index (κ3) is 3.56. The summed E-state index contributed by atoms with van der Waals surface area (Å²) in [5.41, 5.74) is 0.678. The molecule has 1 aromatic rings. The van der Waals surface area contributed by atoms with Crippen LogP contribution in [-0.2, 0) is 9.59 Å². The van der Waals surface area contributed by atoms with Gasteiger partial charge in [-0.25, -0.2) is 0 Å². The number of amides is 2. The Balaban J connectivity index is 1.75. The minimum Gasteiger partial charge on any atom is -0.497 e. The maximum atomic E-state index is 12.8. The molecule has 7 nitrogen and oxygen atoms in total. The Morgan fingerprint density at radius 1 is 1.24 bits per heavy atom. The van der Waals surface area contributed by atoms with Crippen LogP contribution in [0.5, 0.6) is 11.5 Å². The molecular weight excluding hydrogens is 322 g/mol. The summed E-state index contributed by atoms with van der Waals surface area (Å²) in [7, 11) is 3.14. The van der Waals surface area contributed by atoms with Crippen LogP contribution >= 0.6 is 0 Å². The third-order valence-corrected chi connectivity index (χ3v) is 4.83. The topological polar surface area (TPSA) is 71.1 Å². The van der Waals surface area contributed by atoms with E-state index in [1.807, 2.05) is 4.90 Å². The molecule has 0 aromatic heterocycles. The summed E-state index contributed by atoms with van der Waals surface area (Å²) in [5.74, 6) is 0.942. The van der Waals surface area contributed by atoms with Crippen LogP contribution in [0.15, 0.2) is 18.2 Å². The molecule has 2 amide bonds. The standard InChI is InChI=1S/C18H25N3O4/c1-12-10-20(7-6-19-12)18(23)13-8-17(22)21(11-13)15-5-4-14(24-2)9-16(15)25-3/h4-5,9,12-13,19H,6-8,10-11H2,1-3H3/t12-,13-/m0/s1. The van der Waals surface area contributed by atoms with Crippen molar-refractivity contribution in [2.75, 3.05) is 45.3 Å². The lowest BCUT2D eigenvalue weighted by Gasteiger charge is -2.33. The third-order valence-electron chi connectivity index (χ3n) is 4.83. The molecule has 136 valence electrons. The zero-order valence-electron chi connectivity index (χ0n) is 14.9. The van der Waals surface area contributed by atoms with Gasteiger partial charge in [0.05, 0.1) is 25.8 Å². The highest BCUT2D eigenvalue weighted by molar-refractivity contribution is 6.01. The summed E-state index contributed by atoms with van der Waals surface area (Å²) in [6.07, 6.45) is 0.242. The summed E-state index contributed by atoms with van der Waals surface area (Å²) >= 11 is 0. The number of carbonyl (C=O) groups is 2. The van der Waals surface area contributed by atoms with E-state index in [-0.39, 0.29) is 30.2 Å². The molecule has 0 spiro atoms. The van der Waals surface area contributed by atoms with E-state index in [1.165, 1.54) is 0 Å². The van der Waals surface area contributed by atoms with Crippen molar-refractivity contribution < 1.29 is 19.1 Å². The maximum absolute atomic E-state index is 12.8. The predicted molar refractivity (Wildman–Crippen MR) is 94.1 cm³/mol. The number of nitrogens with zero attached hydrogens (tertiary/aromatic N) is 2. The van der Waals surface area contributed by atoms with E-state index in [1.54, 1.807) is 37.3 Å². The highest BCUT2D eigenvalue weighted by atomic mass is 16.5. The van der Waals surface area contributed by atoms with Crippen molar-refractivity contribution in [3.05, 3.63) is 18.2 Å². The molecule has 0 radical (unpaired) electrons. The highest BCUT2D eigenvalue weighted by Crippen LogP contribution is 2.36. The van der Waals surface area contributed by atoms with Crippen LogP contribution in [-0.4, -0.2) is 63.2 Å². The fraction of sp³-hybridized carbons (Fsp3) is 0.556. The van der Waals surface area contributed by atoms with Crippen molar-refractivity contribution in [1.29, 1.82) is 0 Å². The molecule has 0 saturated carbocycles. The van der Waals surface area contributed by atoms with Gasteiger partial charge in [0.2, 0.25) is 11.8 Å². The number of piperazine rings is 1. The number of hydrogen-bond acceptors (Lipinski definition) is 5.